The summed E-state index contributed by atoms with van der Waals surface area (Å²) >= 11 is 0. The summed E-state index contributed by atoms with van der Waals surface area (Å²) in [6, 6.07) is 5.23. The number of hydrogen-bond donors (Lipinski definition) is 1. The van der Waals surface area contributed by atoms with E-state index in [1.165, 1.54) is 14.2 Å². The first-order valence-corrected chi connectivity index (χ1v) is 10.4. The van der Waals surface area contributed by atoms with E-state index in [0.29, 0.717) is 55.4 Å². The Balaban J connectivity index is 1.58. The number of nitrogens with zero attached hydrogens (tertiary/aromatic N) is 3. The Hall–Kier alpha value is -3.07. The first-order valence-electron chi connectivity index (χ1n) is 10.4. The average molecular weight is 428 g/mol. The topological polar surface area (TPSA) is 97.0 Å². The molecule has 1 aromatic carbocycles. The Kier molecular flexibility index (Phi) is 5.86. The lowest BCUT2D eigenvalue weighted by molar-refractivity contribution is -0.0587. The monoisotopic (exact) mass is 428 g/mol. The molecule has 2 aromatic rings. The van der Waals surface area contributed by atoms with Crippen LogP contribution in [0.3, 0.4) is 0 Å². The third-order valence-electron chi connectivity index (χ3n) is 5.76. The van der Waals surface area contributed by atoms with Gasteiger partial charge in [0.05, 0.1) is 38.5 Å². The molecule has 1 fully saturated rings. The van der Waals surface area contributed by atoms with Crippen LogP contribution in [0.1, 0.15) is 46.0 Å². The van der Waals surface area contributed by atoms with Crippen LogP contribution in [0.2, 0.25) is 0 Å². The van der Waals surface area contributed by atoms with Gasteiger partial charge in [0.2, 0.25) is 0 Å². The third-order valence-corrected chi connectivity index (χ3v) is 5.76. The number of hydrogen-bond acceptors (Lipinski definition) is 6. The molecule has 9 nitrogen and oxygen atoms in total. The number of benzene rings is 1. The standard InChI is InChI=1S/C22H28N4O5/c1-13-10-26(11-14(2)31-13)22(28)19-16-12-25(9-8-17(16)23-24-19)21(27)15-6-5-7-18(29-3)20(15)30-4/h5-7,13-14H,8-12H2,1-4H3,(H,23,24). The highest BCUT2D eigenvalue weighted by Gasteiger charge is 2.33. The van der Waals surface area contributed by atoms with E-state index in [2.05, 4.69) is 10.2 Å². The predicted octanol–water partition coefficient (Wildman–Crippen LogP) is 1.87. The van der Waals surface area contributed by atoms with E-state index in [9.17, 15) is 9.59 Å². The SMILES string of the molecule is COc1cccc(C(=O)N2CCc3[nH]nc(C(=O)N4CC(C)OC(C)C4)c3C2)c1OC. The summed E-state index contributed by atoms with van der Waals surface area (Å²) in [4.78, 5) is 30.0. The summed E-state index contributed by atoms with van der Waals surface area (Å²) in [5.74, 6) is 0.601. The van der Waals surface area contributed by atoms with Crippen LogP contribution in [0.5, 0.6) is 11.5 Å². The fourth-order valence-corrected chi connectivity index (χ4v) is 4.36. The van der Waals surface area contributed by atoms with Gasteiger partial charge in [0.15, 0.2) is 17.2 Å². The van der Waals surface area contributed by atoms with Gasteiger partial charge in [-0.3, -0.25) is 14.7 Å². The Bertz CT molecular complexity index is 978. The molecule has 2 amide bonds. The minimum absolute atomic E-state index is 0.0268. The van der Waals surface area contributed by atoms with Crippen LogP contribution in [0, 0.1) is 0 Å². The number of H-pyrrole nitrogens is 1. The number of methoxy groups -OCH3 is 2. The molecule has 2 aliphatic rings. The summed E-state index contributed by atoms with van der Waals surface area (Å²) < 4.78 is 16.5. The van der Waals surface area contributed by atoms with Crippen LogP contribution in [-0.2, 0) is 17.7 Å². The number of aromatic nitrogens is 2. The number of rotatable bonds is 4. The van der Waals surface area contributed by atoms with Crippen molar-refractivity contribution in [3.63, 3.8) is 0 Å². The van der Waals surface area contributed by atoms with Gasteiger partial charge >= 0.3 is 0 Å². The Morgan fingerprint density at radius 1 is 1.10 bits per heavy atom. The van der Waals surface area contributed by atoms with E-state index < -0.39 is 0 Å². The fourth-order valence-electron chi connectivity index (χ4n) is 4.36. The van der Waals surface area contributed by atoms with Gasteiger partial charge in [-0.15, -0.1) is 0 Å². The van der Waals surface area contributed by atoms with Crippen molar-refractivity contribution >= 4 is 11.8 Å². The van der Waals surface area contributed by atoms with Gasteiger partial charge < -0.3 is 24.0 Å². The van der Waals surface area contributed by atoms with Crippen molar-refractivity contribution in [3.8, 4) is 11.5 Å². The number of carbonyl (C=O) groups is 2. The molecule has 1 N–H and O–H groups in total. The number of morpholine rings is 1. The van der Waals surface area contributed by atoms with Crippen molar-refractivity contribution in [3.05, 3.63) is 40.7 Å². The van der Waals surface area contributed by atoms with Gasteiger partial charge in [0.1, 0.15) is 0 Å². The zero-order valence-corrected chi connectivity index (χ0v) is 18.3. The van der Waals surface area contributed by atoms with Gasteiger partial charge in [-0.1, -0.05) is 6.07 Å². The Morgan fingerprint density at radius 2 is 1.84 bits per heavy atom. The van der Waals surface area contributed by atoms with E-state index in [1.807, 2.05) is 13.8 Å². The molecule has 1 saturated heterocycles. The molecule has 2 atom stereocenters. The van der Waals surface area contributed by atoms with Crippen molar-refractivity contribution in [2.75, 3.05) is 33.9 Å². The molecular formula is C22H28N4O5. The molecule has 0 saturated carbocycles. The largest absolute Gasteiger partial charge is 0.493 e. The smallest absolute Gasteiger partial charge is 0.274 e. The van der Waals surface area contributed by atoms with Crippen molar-refractivity contribution in [2.45, 2.75) is 39.0 Å². The lowest BCUT2D eigenvalue weighted by Crippen LogP contribution is -2.48. The van der Waals surface area contributed by atoms with Gasteiger partial charge in [-0.2, -0.15) is 5.10 Å². The normalized spacial score (nSPS) is 20.9. The number of amides is 2. The summed E-state index contributed by atoms with van der Waals surface area (Å²) in [6.45, 7) is 5.79. The van der Waals surface area contributed by atoms with Gasteiger partial charge in [0, 0.05) is 37.3 Å². The molecule has 2 aliphatic heterocycles. The molecule has 31 heavy (non-hydrogen) atoms. The maximum atomic E-state index is 13.3. The van der Waals surface area contributed by atoms with E-state index >= 15 is 0 Å². The number of aromatic amines is 1. The van der Waals surface area contributed by atoms with Crippen LogP contribution in [-0.4, -0.2) is 77.9 Å². The molecule has 3 heterocycles. The van der Waals surface area contributed by atoms with Gasteiger partial charge in [0.25, 0.3) is 11.8 Å². The molecule has 166 valence electrons. The van der Waals surface area contributed by atoms with Crippen molar-refractivity contribution in [1.82, 2.24) is 20.0 Å². The molecule has 9 heteroatoms. The van der Waals surface area contributed by atoms with E-state index in [1.54, 1.807) is 28.0 Å². The van der Waals surface area contributed by atoms with Gasteiger partial charge in [-0.25, -0.2) is 0 Å². The highest BCUT2D eigenvalue weighted by atomic mass is 16.5. The molecule has 0 aliphatic carbocycles. The maximum absolute atomic E-state index is 13.3. The number of ether oxygens (including phenoxy) is 3. The highest BCUT2D eigenvalue weighted by Crippen LogP contribution is 2.33. The molecule has 0 radical (unpaired) electrons. The maximum Gasteiger partial charge on any atom is 0.274 e. The second kappa shape index (κ2) is 8.58. The minimum atomic E-state index is -0.172. The summed E-state index contributed by atoms with van der Waals surface area (Å²) in [6.07, 6.45) is 0.547. The number of carbonyl (C=O) groups excluding carboxylic acids is 2. The average Bonchev–Trinajstić information content (AvgIpc) is 3.19. The van der Waals surface area contributed by atoms with E-state index in [4.69, 9.17) is 14.2 Å². The predicted molar refractivity (Wildman–Crippen MR) is 112 cm³/mol. The summed E-state index contributed by atoms with van der Waals surface area (Å²) in [5, 5.41) is 7.31. The number of fused-ring (bicyclic) bond motifs is 1. The first kappa shape index (κ1) is 21.2. The van der Waals surface area contributed by atoms with E-state index in [-0.39, 0.29) is 24.0 Å². The van der Waals surface area contributed by atoms with E-state index in [0.717, 1.165) is 11.3 Å². The lowest BCUT2D eigenvalue weighted by atomic mass is 10.0. The highest BCUT2D eigenvalue weighted by molar-refractivity contribution is 5.98. The van der Waals surface area contributed by atoms with Crippen LogP contribution < -0.4 is 9.47 Å². The first-order chi connectivity index (χ1) is 14.9. The van der Waals surface area contributed by atoms with Crippen LogP contribution in [0.4, 0.5) is 0 Å². The van der Waals surface area contributed by atoms with Crippen LogP contribution in [0.15, 0.2) is 18.2 Å². The Labute approximate surface area is 181 Å². The Morgan fingerprint density at radius 3 is 2.52 bits per heavy atom. The van der Waals surface area contributed by atoms with Crippen molar-refractivity contribution in [2.24, 2.45) is 0 Å². The van der Waals surface area contributed by atoms with Crippen LogP contribution in [0.25, 0.3) is 0 Å². The third kappa shape index (κ3) is 3.97. The zero-order chi connectivity index (χ0) is 22.1. The quantitative estimate of drug-likeness (QED) is 0.799. The molecular weight excluding hydrogens is 400 g/mol. The number of para-hydroxylation sites is 1. The van der Waals surface area contributed by atoms with Crippen LogP contribution >= 0.6 is 0 Å². The molecule has 1 aromatic heterocycles. The minimum Gasteiger partial charge on any atom is -0.493 e. The molecule has 0 spiro atoms. The number of nitrogens with one attached hydrogen (secondary N) is 1. The summed E-state index contributed by atoms with van der Waals surface area (Å²) in [5.41, 5.74) is 2.49. The molecule has 4 rings (SSSR count). The second-order valence-corrected chi connectivity index (χ2v) is 8.01. The lowest BCUT2D eigenvalue weighted by Gasteiger charge is -2.35. The van der Waals surface area contributed by atoms with Gasteiger partial charge in [-0.05, 0) is 26.0 Å². The zero-order valence-electron chi connectivity index (χ0n) is 18.3. The summed E-state index contributed by atoms with van der Waals surface area (Å²) in [7, 11) is 3.05. The van der Waals surface area contributed by atoms with Crippen molar-refractivity contribution < 1.29 is 23.8 Å². The van der Waals surface area contributed by atoms with Crippen molar-refractivity contribution in [1.29, 1.82) is 0 Å². The molecule has 0 bridgehead atoms. The second-order valence-electron chi connectivity index (χ2n) is 8.01. The molecule has 2 unspecified atom stereocenters. The fraction of sp³-hybridized carbons (Fsp3) is 0.500.